The molecule has 2 fully saturated rings. The minimum Gasteiger partial charge on any atom is -0.378 e. The van der Waals surface area contributed by atoms with Crippen LogP contribution in [0.4, 0.5) is 4.79 Å². The summed E-state index contributed by atoms with van der Waals surface area (Å²) in [6, 6.07) is 1.84. The van der Waals surface area contributed by atoms with Crippen LogP contribution in [0.25, 0.3) is 0 Å². The molecule has 0 unspecified atom stereocenters. The number of hydrogen-bond acceptors (Lipinski definition) is 4. The zero-order valence-electron chi connectivity index (χ0n) is 13.1. The molecule has 1 aromatic heterocycles. The van der Waals surface area contributed by atoms with Gasteiger partial charge in [0.05, 0.1) is 12.6 Å². The number of hydrogen-bond donors (Lipinski definition) is 2. The smallest absolute Gasteiger partial charge is 0.315 e. The molecule has 6 heteroatoms. The summed E-state index contributed by atoms with van der Waals surface area (Å²) in [5.74, 6) is 0. The van der Waals surface area contributed by atoms with Gasteiger partial charge in [-0.1, -0.05) is 24.4 Å². The topological polar surface area (TPSA) is 76.4 Å². The first-order valence-electron chi connectivity index (χ1n) is 8.30. The van der Waals surface area contributed by atoms with Crippen molar-refractivity contribution in [1.82, 2.24) is 15.8 Å². The van der Waals surface area contributed by atoms with Crippen LogP contribution in [-0.2, 0) is 11.3 Å². The Labute approximate surface area is 131 Å². The van der Waals surface area contributed by atoms with E-state index in [1.807, 2.05) is 6.92 Å². The zero-order chi connectivity index (χ0) is 15.4. The second-order valence-electron chi connectivity index (χ2n) is 6.34. The molecule has 1 spiro atoms. The molecule has 0 saturated heterocycles. The van der Waals surface area contributed by atoms with E-state index in [1.54, 1.807) is 6.07 Å². The standard InChI is InChI=1S/C16H25N3O3/c1-2-21-14-10-13(16(14)7-4-3-5-8-16)18-15(20)17-11-12-6-9-22-19-12/h6,9,13-14H,2-5,7-8,10-11H2,1H3,(H2,17,18,20)/t13-,14+/m1/s1. The van der Waals surface area contributed by atoms with Crippen molar-refractivity contribution >= 4 is 6.03 Å². The Balaban J connectivity index is 1.53. The van der Waals surface area contributed by atoms with E-state index in [2.05, 4.69) is 15.8 Å². The Bertz CT molecular complexity index is 483. The van der Waals surface area contributed by atoms with Gasteiger partial charge in [-0.05, 0) is 26.2 Å². The van der Waals surface area contributed by atoms with E-state index in [-0.39, 0.29) is 17.5 Å². The third-order valence-electron chi connectivity index (χ3n) is 5.16. The van der Waals surface area contributed by atoms with E-state index in [0.717, 1.165) is 31.6 Å². The minimum atomic E-state index is -0.132. The molecule has 22 heavy (non-hydrogen) atoms. The predicted octanol–water partition coefficient (Wildman–Crippen LogP) is 2.60. The summed E-state index contributed by atoms with van der Waals surface area (Å²) < 4.78 is 10.7. The van der Waals surface area contributed by atoms with E-state index in [9.17, 15) is 4.79 Å². The van der Waals surface area contributed by atoms with Gasteiger partial charge in [0, 0.05) is 24.1 Å². The number of nitrogens with one attached hydrogen (secondary N) is 2. The molecule has 2 saturated carbocycles. The molecule has 1 heterocycles. The number of carbonyl (C=O) groups is 1. The lowest BCUT2D eigenvalue weighted by molar-refractivity contribution is -0.146. The lowest BCUT2D eigenvalue weighted by Crippen LogP contribution is -2.66. The lowest BCUT2D eigenvalue weighted by atomic mass is 9.55. The van der Waals surface area contributed by atoms with Crippen molar-refractivity contribution in [3.63, 3.8) is 0 Å². The molecule has 2 amide bonds. The number of aromatic nitrogens is 1. The number of carbonyl (C=O) groups excluding carboxylic acids is 1. The monoisotopic (exact) mass is 307 g/mol. The first kappa shape index (κ1) is 15.3. The summed E-state index contributed by atoms with van der Waals surface area (Å²) in [5.41, 5.74) is 0.878. The summed E-state index contributed by atoms with van der Waals surface area (Å²) in [6.07, 6.45) is 8.82. The zero-order valence-corrected chi connectivity index (χ0v) is 13.1. The van der Waals surface area contributed by atoms with Crippen LogP contribution in [-0.4, -0.2) is 29.9 Å². The van der Waals surface area contributed by atoms with Crippen molar-refractivity contribution in [1.29, 1.82) is 0 Å². The predicted molar refractivity (Wildman–Crippen MR) is 81.2 cm³/mol. The molecule has 2 N–H and O–H groups in total. The first-order chi connectivity index (χ1) is 10.7. The highest BCUT2D eigenvalue weighted by Crippen LogP contribution is 2.53. The molecule has 122 valence electrons. The molecule has 0 aliphatic heterocycles. The van der Waals surface area contributed by atoms with E-state index in [4.69, 9.17) is 9.26 Å². The number of urea groups is 1. The Morgan fingerprint density at radius 3 is 2.95 bits per heavy atom. The van der Waals surface area contributed by atoms with Gasteiger partial charge >= 0.3 is 6.03 Å². The van der Waals surface area contributed by atoms with Crippen LogP contribution in [0.5, 0.6) is 0 Å². The summed E-state index contributed by atoms with van der Waals surface area (Å²) in [7, 11) is 0. The minimum absolute atomic E-state index is 0.132. The van der Waals surface area contributed by atoms with Crippen LogP contribution in [0.2, 0.25) is 0 Å². The summed E-state index contributed by atoms with van der Waals surface area (Å²) in [5, 5.41) is 9.76. The van der Waals surface area contributed by atoms with Gasteiger partial charge in [0.15, 0.2) is 0 Å². The second kappa shape index (κ2) is 6.69. The maximum atomic E-state index is 12.1. The molecule has 0 aromatic carbocycles. The third-order valence-corrected chi connectivity index (χ3v) is 5.16. The molecule has 1 aromatic rings. The first-order valence-corrected chi connectivity index (χ1v) is 8.30. The molecule has 6 nitrogen and oxygen atoms in total. The van der Waals surface area contributed by atoms with E-state index in [1.165, 1.54) is 25.5 Å². The van der Waals surface area contributed by atoms with Crippen molar-refractivity contribution in [3.8, 4) is 0 Å². The maximum absolute atomic E-state index is 12.1. The molecule has 2 aliphatic rings. The fraction of sp³-hybridized carbons (Fsp3) is 0.750. The highest BCUT2D eigenvalue weighted by Gasteiger charge is 2.56. The maximum Gasteiger partial charge on any atom is 0.315 e. The van der Waals surface area contributed by atoms with E-state index < -0.39 is 0 Å². The van der Waals surface area contributed by atoms with Crippen LogP contribution >= 0.6 is 0 Å². The Morgan fingerprint density at radius 2 is 2.27 bits per heavy atom. The number of rotatable bonds is 5. The van der Waals surface area contributed by atoms with Crippen molar-refractivity contribution < 1.29 is 14.1 Å². The van der Waals surface area contributed by atoms with Gasteiger partial charge in [-0.25, -0.2) is 4.79 Å². The van der Waals surface area contributed by atoms with Crippen molar-refractivity contribution in [3.05, 3.63) is 18.0 Å². The van der Waals surface area contributed by atoms with Gasteiger partial charge in [-0.15, -0.1) is 0 Å². The second-order valence-corrected chi connectivity index (χ2v) is 6.34. The average molecular weight is 307 g/mol. The Kier molecular flexibility index (Phi) is 4.66. The molecule has 2 atom stereocenters. The normalized spacial score (nSPS) is 26.4. The van der Waals surface area contributed by atoms with Crippen LogP contribution < -0.4 is 10.6 Å². The SMILES string of the molecule is CCO[C@H]1C[C@@H](NC(=O)NCc2ccon2)C12CCCCC2. The summed E-state index contributed by atoms with van der Waals surface area (Å²) >= 11 is 0. The van der Waals surface area contributed by atoms with Gasteiger partial charge in [0.2, 0.25) is 0 Å². The van der Waals surface area contributed by atoms with E-state index in [0.29, 0.717) is 12.6 Å². The van der Waals surface area contributed by atoms with Crippen molar-refractivity contribution in [2.24, 2.45) is 5.41 Å². The summed E-state index contributed by atoms with van der Waals surface area (Å²) in [6.45, 7) is 3.18. The largest absolute Gasteiger partial charge is 0.378 e. The highest BCUT2D eigenvalue weighted by atomic mass is 16.5. The molecule has 0 radical (unpaired) electrons. The van der Waals surface area contributed by atoms with Gasteiger partial charge in [-0.2, -0.15) is 0 Å². The molecule has 0 bridgehead atoms. The quantitative estimate of drug-likeness (QED) is 0.876. The summed E-state index contributed by atoms with van der Waals surface area (Å²) in [4.78, 5) is 12.1. The fourth-order valence-corrected chi connectivity index (χ4v) is 3.97. The number of nitrogens with zero attached hydrogens (tertiary/aromatic N) is 1. The van der Waals surface area contributed by atoms with E-state index >= 15 is 0 Å². The molecule has 2 aliphatic carbocycles. The average Bonchev–Trinajstić information content (AvgIpc) is 3.06. The lowest BCUT2D eigenvalue weighted by Gasteiger charge is -2.57. The van der Waals surface area contributed by atoms with Crippen LogP contribution in [0, 0.1) is 5.41 Å². The van der Waals surface area contributed by atoms with Crippen LogP contribution in [0.1, 0.15) is 51.1 Å². The Morgan fingerprint density at radius 1 is 1.45 bits per heavy atom. The van der Waals surface area contributed by atoms with Gasteiger partial charge in [0.1, 0.15) is 12.0 Å². The van der Waals surface area contributed by atoms with Gasteiger partial charge in [-0.3, -0.25) is 0 Å². The molecule has 3 rings (SSSR count). The van der Waals surface area contributed by atoms with Crippen LogP contribution in [0.3, 0.4) is 0 Å². The number of amides is 2. The van der Waals surface area contributed by atoms with Crippen molar-refractivity contribution in [2.45, 2.75) is 64.1 Å². The fourth-order valence-electron chi connectivity index (χ4n) is 3.97. The third kappa shape index (κ3) is 2.97. The van der Waals surface area contributed by atoms with Gasteiger partial charge < -0.3 is 19.9 Å². The van der Waals surface area contributed by atoms with Crippen LogP contribution in [0.15, 0.2) is 16.9 Å². The Hall–Kier alpha value is -1.56. The molecular formula is C16H25N3O3. The molecular weight excluding hydrogens is 282 g/mol. The van der Waals surface area contributed by atoms with Crippen molar-refractivity contribution in [2.75, 3.05) is 6.61 Å². The highest BCUT2D eigenvalue weighted by molar-refractivity contribution is 5.74. The number of ether oxygens (including phenoxy) is 1. The van der Waals surface area contributed by atoms with Gasteiger partial charge in [0.25, 0.3) is 0 Å².